The van der Waals surface area contributed by atoms with Crippen LogP contribution >= 0.6 is 0 Å². The van der Waals surface area contributed by atoms with Crippen LogP contribution in [-0.2, 0) is 19.5 Å². The van der Waals surface area contributed by atoms with E-state index in [1.165, 1.54) is 5.56 Å². The van der Waals surface area contributed by atoms with Crippen molar-refractivity contribution in [3.05, 3.63) is 94.8 Å². The van der Waals surface area contributed by atoms with Crippen molar-refractivity contribution < 1.29 is 4.39 Å². The molecule has 0 unspecified atom stereocenters. The number of nitrogens with zero attached hydrogens (tertiary/aromatic N) is 2. The number of hydrogen-bond donors (Lipinski definition) is 0. The maximum atomic E-state index is 13.9. The third kappa shape index (κ3) is 3.24. The molecule has 0 spiro atoms. The highest BCUT2D eigenvalue weighted by molar-refractivity contribution is 5.70. The Morgan fingerprint density at radius 1 is 0.962 bits per heavy atom. The number of hydrogen-bond acceptors (Lipinski definition) is 2. The van der Waals surface area contributed by atoms with Gasteiger partial charge in [-0.05, 0) is 46.4 Å². The quantitative estimate of drug-likeness (QED) is 0.675. The Balaban J connectivity index is 1.50. The topological polar surface area (TPSA) is 27.0 Å². The Hall–Kier alpha value is -2.96. The highest BCUT2D eigenvalue weighted by Gasteiger charge is 2.18. The van der Waals surface area contributed by atoms with E-state index in [1.807, 2.05) is 30.3 Å². The molecule has 4 rings (SSSR count). The van der Waals surface area contributed by atoms with E-state index in [2.05, 4.69) is 35.2 Å². The second-order valence-corrected chi connectivity index (χ2v) is 6.69. The van der Waals surface area contributed by atoms with E-state index in [9.17, 15) is 9.65 Å². The Morgan fingerprint density at radius 3 is 2.58 bits per heavy atom. The first-order valence-electron chi connectivity index (χ1n) is 8.81. The Morgan fingerprint density at radius 2 is 1.77 bits per heavy atom. The van der Waals surface area contributed by atoms with Gasteiger partial charge in [0.05, 0.1) is 11.6 Å². The zero-order valence-electron chi connectivity index (χ0n) is 14.5. The first-order valence-corrected chi connectivity index (χ1v) is 8.81. The first kappa shape index (κ1) is 16.5. The lowest BCUT2D eigenvalue weighted by Crippen LogP contribution is -2.30. The summed E-state index contributed by atoms with van der Waals surface area (Å²) in [5.74, 6) is -0.0809. The molecule has 0 fully saturated rings. The summed E-state index contributed by atoms with van der Waals surface area (Å²) in [5, 5.41) is 9.27. The van der Waals surface area contributed by atoms with Crippen molar-refractivity contribution in [2.75, 3.05) is 6.54 Å². The van der Waals surface area contributed by atoms with Crippen LogP contribution in [0.3, 0.4) is 0 Å². The largest absolute Gasteiger partial charge is 0.294 e. The van der Waals surface area contributed by atoms with Crippen LogP contribution in [0, 0.1) is 17.1 Å². The second kappa shape index (κ2) is 7.11. The van der Waals surface area contributed by atoms with E-state index in [0.717, 1.165) is 48.3 Å². The van der Waals surface area contributed by atoms with Crippen molar-refractivity contribution in [2.24, 2.45) is 0 Å². The van der Waals surface area contributed by atoms with Gasteiger partial charge < -0.3 is 0 Å². The third-order valence-electron chi connectivity index (χ3n) is 5.01. The molecular formula is C23H19FN2. The summed E-state index contributed by atoms with van der Waals surface area (Å²) >= 11 is 0. The van der Waals surface area contributed by atoms with Crippen LogP contribution in [0.25, 0.3) is 11.1 Å². The smallest absolute Gasteiger partial charge is 0.126 e. The molecule has 0 aromatic heterocycles. The van der Waals surface area contributed by atoms with E-state index < -0.39 is 0 Å². The molecule has 0 radical (unpaired) electrons. The van der Waals surface area contributed by atoms with Gasteiger partial charge in [-0.1, -0.05) is 54.6 Å². The molecule has 0 bridgehead atoms. The first-order chi connectivity index (χ1) is 12.7. The van der Waals surface area contributed by atoms with Gasteiger partial charge >= 0.3 is 0 Å². The summed E-state index contributed by atoms with van der Waals surface area (Å²) in [4.78, 5) is 2.35. The molecule has 128 valence electrons. The summed E-state index contributed by atoms with van der Waals surface area (Å²) in [7, 11) is 0. The van der Waals surface area contributed by atoms with Crippen molar-refractivity contribution in [1.82, 2.24) is 4.90 Å². The fourth-order valence-electron chi connectivity index (χ4n) is 3.64. The van der Waals surface area contributed by atoms with Crippen LogP contribution < -0.4 is 0 Å². The van der Waals surface area contributed by atoms with Crippen molar-refractivity contribution >= 4 is 0 Å². The van der Waals surface area contributed by atoms with E-state index in [0.29, 0.717) is 5.56 Å². The molecule has 0 N–H and O–H groups in total. The molecule has 3 heteroatoms. The minimum Gasteiger partial charge on any atom is -0.294 e. The van der Waals surface area contributed by atoms with Crippen molar-refractivity contribution in [1.29, 1.82) is 5.26 Å². The predicted octanol–water partition coefficient (Wildman–Crippen LogP) is 4.92. The summed E-state index contributed by atoms with van der Waals surface area (Å²) in [5.41, 5.74) is 5.89. The second-order valence-electron chi connectivity index (χ2n) is 6.69. The van der Waals surface area contributed by atoms with Crippen LogP contribution in [-0.4, -0.2) is 11.4 Å². The van der Waals surface area contributed by atoms with Gasteiger partial charge in [0, 0.05) is 19.6 Å². The maximum absolute atomic E-state index is 13.9. The minimum absolute atomic E-state index is 0.0809. The standard InChI is InChI=1S/C23H19FN2/c24-23-7-3-5-20-16-26(13-12-22(20)23)15-17-8-10-18(11-9-17)21-6-2-1-4-19(21)14-25/h1-11H,12-13,15-16H2. The molecule has 2 nitrogen and oxygen atoms in total. The average Bonchev–Trinajstić information content (AvgIpc) is 2.69. The molecular weight excluding hydrogens is 323 g/mol. The highest BCUT2D eigenvalue weighted by Crippen LogP contribution is 2.25. The SMILES string of the molecule is N#Cc1ccccc1-c1ccc(CN2CCc3c(F)cccc3C2)cc1. The van der Waals surface area contributed by atoms with Gasteiger partial charge in [0.25, 0.3) is 0 Å². The summed E-state index contributed by atoms with van der Waals surface area (Å²) in [6.45, 7) is 2.50. The van der Waals surface area contributed by atoms with Gasteiger partial charge in [-0.2, -0.15) is 5.26 Å². The van der Waals surface area contributed by atoms with Crippen molar-refractivity contribution in [3.63, 3.8) is 0 Å². The van der Waals surface area contributed by atoms with Gasteiger partial charge in [-0.25, -0.2) is 4.39 Å². The zero-order valence-corrected chi connectivity index (χ0v) is 14.5. The molecule has 0 saturated carbocycles. The zero-order chi connectivity index (χ0) is 17.9. The molecule has 26 heavy (non-hydrogen) atoms. The lowest BCUT2D eigenvalue weighted by Gasteiger charge is -2.29. The lowest BCUT2D eigenvalue weighted by atomic mass is 9.97. The molecule has 1 heterocycles. The molecule has 0 atom stereocenters. The summed E-state index contributed by atoms with van der Waals surface area (Å²) in [6, 6.07) is 23.6. The molecule has 0 saturated heterocycles. The van der Waals surface area contributed by atoms with E-state index in [4.69, 9.17) is 0 Å². The fourth-order valence-corrected chi connectivity index (χ4v) is 3.64. The number of rotatable bonds is 3. The van der Waals surface area contributed by atoms with Gasteiger partial charge in [-0.3, -0.25) is 4.90 Å². The molecule has 3 aromatic rings. The number of benzene rings is 3. The number of halogens is 1. The van der Waals surface area contributed by atoms with Gasteiger partial charge in [0.1, 0.15) is 5.82 Å². The van der Waals surface area contributed by atoms with Crippen LogP contribution in [0.15, 0.2) is 66.7 Å². The molecule has 1 aliphatic heterocycles. The van der Waals surface area contributed by atoms with Crippen LogP contribution in [0.4, 0.5) is 4.39 Å². The lowest BCUT2D eigenvalue weighted by molar-refractivity contribution is 0.243. The Labute approximate surface area is 153 Å². The normalized spacial score (nSPS) is 13.8. The number of fused-ring (bicyclic) bond motifs is 1. The molecule has 3 aromatic carbocycles. The fraction of sp³-hybridized carbons (Fsp3) is 0.174. The van der Waals surface area contributed by atoms with Crippen LogP contribution in [0.2, 0.25) is 0 Å². The Bertz CT molecular complexity index is 970. The van der Waals surface area contributed by atoms with Gasteiger partial charge in [0.2, 0.25) is 0 Å². The van der Waals surface area contributed by atoms with Crippen molar-refractivity contribution in [3.8, 4) is 17.2 Å². The van der Waals surface area contributed by atoms with Crippen LogP contribution in [0.5, 0.6) is 0 Å². The molecule has 0 amide bonds. The average molecular weight is 342 g/mol. The van der Waals surface area contributed by atoms with Gasteiger partial charge in [-0.15, -0.1) is 0 Å². The van der Waals surface area contributed by atoms with E-state index >= 15 is 0 Å². The highest BCUT2D eigenvalue weighted by atomic mass is 19.1. The minimum atomic E-state index is -0.0809. The van der Waals surface area contributed by atoms with Crippen LogP contribution in [0.1, 0.15) is 22.3 Å². The van der Waals surface area contributed by atoms with E-state index in [-0.39, 0.29) is 5.82 Å². The predicted molar refractivity (Wildman–Crippen MR) is 101 cm³/mol. The maximum Gasteiger partial charge on any atom is 0.126 e. The third-order valence-corrected chi connectivity index (χ3v) is 5.01. The molecule has 1 aliphatic rings. The summed E-state index contributed by atoms with van der Waals surface area (Å²) in [6.07, 6.45) is 0.760. The Kier molecular flexibility index (Phi) is 4.51. The van der Waals surface area contributed by atoms with Crippen molar-refractivity contribution in [2.45, 2.75) is 19.5 Å². The number of nitriles is 1. The van der Waals surface area contributed by atoms with Gasteiger partial charge in [0.15, 0.2) is 0 Å². The van der Waals surface area contributed by atoms with E-state index in [1.54, 1.807) is 12.1 Å². The molecule has 0 aliphatic carbocycles. The summed E-state index contributed by atoms with van der Waals surface area (Å²) < 4.78 is 13.9. The monoisotopic (exact) mass is 342 g/mol.